The monoisotopic (exact) mass is 269 g/mol. The number of piperidine rings is 1. The summed E-state index contributed by atoms with van der Waals surface area (Å²) >= 11 is 0. The van der Waals surface area contributed by atoms with Gasteiger partial charge in [0.2, 0.25) is 0 Å². The minimum atomic E-state index is -0.228. The molecule has 0 saturated carbocycles. The number of aliphatic hydroxyl groups is 1. The topological polar surface area (TPSA) is 38.7 Å². The molecule has 112 valence electrons. The zero-order valence-corrected chi connectivity index (χ0v) is 12.6. The average Bonchev–Trinajstić information content (AvgIpc) is 2.38. The van der Waals surface area contributed by atoms with E-state index >= 15 is 0 Å². The molecule has 2 saturated heterocycles. The summed E-state index contributed by atoms with van der Waals surface area (Å²) in [6, 6.07) is 0.748. The van der Waals surface area contributed by atoms with Crippen LogP contribution in [-0.2, 0) is 0 Å². The molecule has 2 fully saturated rings. The van der Waals surface area contributed by atoms with Crippen LogP contribution in [0.3, 0.4) is 0 Å². The summed E-state index contributed by atoms with van der Waals surface area (Å²) in [5.41, 5.74) is 0. The van der Waals surface area contributed by atoms with E-state index in [1.54, 1.807) is 0 Å². The zero-order valence-electron chi connectivity index (χ0n) is 12.6. The largest absolute Gasteiger partial charge is 0.390 e. The molecule has 2 rings (SSSR count). The molecule has 0 aliphatic carbocycles. The summed E-state index contributed by atoms with van der Waals surface area (Å²) in [5, 5.41) is 13.4. The van der Waals surface area contributed by atoms with Crippen LogP contribution in [0.5, 0.6) is 0 Å². The van der Waals surface area contributed by atoms with Crippen LogP contribution in [0.1, 0.15) is 33.1 Å². The van der Waals surface area contributed by atoms with Crippen molar-refractivity contribution in [2.75, 3.05) is 45.8 Å². The van der Waals surface area contributed by atoms with Crippen molar-refractivity contribution >= 4 is 0 Å². The van der Waals surface area contributed by atoms with E-state index in [-0.39, 0.29) is 6.10 Å². The SMILES string of the molecule is CC(C)CNCC(O)CN1CCN2CCCCC2C1. The number of hydrogen-bond donors (Lipinski definition) is 2. The summed E-state index contributed by atoms with van der Waals surface area (Å²) < 4.78 is 0. The molecule has 0 aromatic carbocycles. The lowest BCUT2D eigenvalue weighted by Crippen LogP contribution is -2.56. The maximum Gasteiger partial charge on any atom is 0.0791 e. The number of rotatable bonds is 6. The highest BCUT2D eigenvalue weighted by atomic mass is 16.3. The average molecular weight is 269 g/mol. The Morgan fingerprint density at radius 2 is 2.00 bits per heavy atom. The van der Waals surface area contributed by atoms with Crippen molar-refractivity contribution in [2.24, 2.45) is 5.92 Å². The van der Waals surface area contributed by atoms with E-state index in [0.29, 0.717) is 5.92 Å². The summed E-state index contributed by atoms with van der Waals surface area (Å²) in [7, 11) is 0. The lowest BCUT2D eigenvalue weighted by Gasteiger charge is -2.44. The van der Waals surface area contributed by atoms with E-state index in [1.807, 2.05) is 0 Å². The van der Waals surface area contributed by atoms with Gasteiger partial charge >= 0.3 is 0 Å². The highest BCUT2D eigenvalue weighted by Crippen LogP contribution is 2.20. The Labute approximate surface area is 118 Å². The van der Waals surface area contributed by atoms with Crippen LogP contribution in [0.15, 0.2) is 0 Å². The molecule has 2 unspecified atom stereocenters. The molecular formula is C15H31N3O. The van der Waals surface area contributed by atoms with Crippen LogP contribution in [0.25, 0.3) is 0 Å². The molecule has 2 atom stereocenters. The third-order valence-corrected chi connectivity index (χ3v) is 4.32. The van der Waals surface area contributed by atoms with Crippen molar-refractivity contribution < 1.29 is 5.11 Å². The molecule has 0 bridgehead atoms. The first kappa shape index (κ1) is 15.2. The van der Waals surface area contributed by atoms with E-state index in [0.717, 1.165) is 38.8 Å². The molecule has 2 aliphatic rings. The minimum absolute atomic E-state index is 0.228. The van der Waals surface area contributed by atoms with Gasteiger partial charge in [-0.15, -0.1) is 0 Å². The van der Waals surface area contributed by atoms with Gasteiger partial charge in [0.05, 0.1) is 6.10 Å². The number of nitrogens with zero attached hydrogens (tertiary/aromatic N) is 2. The van der Waals surface area contributed by atoms with Crippen LogP contribution in [0, 0.1) is 5.92 Å². The first-order valence-corrected chi connectivity index (χ1v) is 8.00. The molecule has 0 aromatic rings. The fraction of sp³-hybridized carbons (Fsp3) is 1.00. The molecule has 2 N–H and O–H groups in total. The van der Waals surface area contributed by atoms with Gasteiger partial charge in [0, 0.05) is 38.8 Å². The van der Waals surface area contributed by atoms with Crippen molar-refractivity contribution in [3.8, 4) is 0 Å². The summed E-state index contributed by atoms with van der Waals surface area (Å²) in [6.07, 6.45) is 3.87. The van der Waals surface area contributed by atoms with Gasteiger partial charge in [-0.3, -0.25) is 9.80 Å². The molecule has 4 nitrogen and oxygen atoms in total. The number of aliphatic hydroxyl groups excluding tert-OH is 1. The first-order valence-electron chi connectivity index (χ1n) is 8.00. The predicted molar refractivity (Wildman–Crippen MR) is 79.4 cm³/mol. The van der Waals surface area contributed by atoms with Crippen molar-refractivity contribution in [1.82, 2.24) is 15.1 Å². The normalized spacial score (nSPS) is 27.5. The smallest absolute Gasteiger partial charge is 0.0791 e. The van der Waals surface area contributed by atoms with Gasteiger partial charge in [-0.25, -0.2) is 0 Å². The van der Waals surface area contributed by atoms with Crippen LogP contribution in [0.2, 0.25) is 0 Å². The van der Waals surface area contributed by atoms with E-state index in [9.17, 15) is 5.11 Å². The van der Waals surface area contributed by atoms with Crippen molar-refractivity contribution in [3.05, 3.63) is 0 Å². The Morgan fingerprint density at radius 1 is 1.16 bits per heavy atom. The lowest BCUT2D eigenvalue weighted by atomic mass is 9.99. The van der Waals surface area contributed by atoms with Gasteiger partial charge in [0.1, 0.15) is 0 Å². The second-order valence-corrected chi connectivity index (χ2v) is 6.65. The fourth-order valence-electron chi connectivity index (χ4n) is 3.29. The molecule has 19 heavy (non-hydrogen) atoms. The molecule has 0 aromatic heterocycles. The second kappa shape index (κ2) is 7.58. The predicted octanol–water partition coefficient (Wildman–Crippen LogP) is 0.763. The Bertz CT molecular complexity index is 260. The number of nitrogens with one attached hydrogen (secondary N) is 1. The van der Waals surface area contributed by atoms with Gasteiger partial charge < -0.3 is 10.4 Å². The highest BCUT2D eigenvalue weighted by molar-refractivity contribution is 4.85. The Hall–Kier alpha value is -0.160. The molecule has 0 radical (unpaired) electrons. The summed E-state index contributed by atoms with van der Waals surface area (Å²) in [6.45, 7) is 11.7. The van der Waals surface area contributed by atoms with Gasteiger partial charge in [-0.2, -0.15) is 0 Å². The van der Waals surface area contributed by atoms with Gasteiger partial charge in [0.25, 0.3) is 0 Å². The minimum Gasteiger partial charge on any atom is -0.390 e. The van der Waals surface area contributed by atoms with Crippen LogP contribution >= 0.6 is 0 Å². The van der Waals surface area contributed by atoms with E-state index in [2.05, 4.69) is 29.0 Å². The summed E-state index contributed by atoms with van der Waals surface area (Å²) in [5.74, 6) is 0.651. The van der Waals surface area contributed by atoms with E-state index < -0.39 is 0 Å². The molecular weight excluding hydrogens is 238 g/mol. The molecule has 2 aliphatic heterocycles. The maximum atomic E-state index is 10.1. The van der Waals surface area contributed by atoms with Gasteiger partial charge in [-0.05, 0) is 31.8 Å². The van der Waals surface area contributed by atoms with Gasteiger partial charge in [-0.1, -0.05) is 20.3 Å². The highest BCUT2D eigenvalue weighted by Gasteiger charge is 2.29. The molecule has 4 heteroatoms. The van der Waals surface area contributed by atoms with Crippen LogP contribution in [0.4, 0.5) is 0 Å². The summed E-state index contributed by atoms with van der Waals surface area (Å²) in [4.78, 5) is 5.09. The quantitative estimate of drug-likeness (QED) is 0.747. The number of β-amino-alcohol motifs (C(OH)–C–C–N with tert-alkyl or cyclic N) is 1. The molecule has 0 spiro atoms. The second-order valence-electron chi connectivity index (χ2n) is 6.65. The molecule has 0 amide bonds. The number of fused-ring (bicyclic) bond motifs is 1. The first-order chi connectivity index (χ1) is 9.15. The van der Waals surface area contributed by atoms with Crippen molar-refractivity contribution in [2.45, 2.75) is 45.3 Å². The van der Waals surface area contributed by atoms with Crippen molar-refractivity contribution in [3.63, 3.8) is 0 Å². The zero-order chi connectivity index (χ0) is 13.7. The number of hydrogen-bond acceptors (Lipinski definition) is 4. The number of piperazine rings is 1. The van der Waals surface area contributed by atoms with E-state index in [1.165, 1.54) is 32.4 Å². The Balaban J connectivity index is 1.65. The third kappa shape index (κ3) is 5.03. The van der Waals surface area contributed by atoms with Crippen molar-refractivity contribution in [1.29, 1.82) is 0 Å². The Kier molecular flexibility index (Phi) is 6.07. The van der Waals surface area contributed by atoms with Crippen LogP contribution in [-0.4, -0.2) is 72.9 Å². The molecule has 2 heterocycles. The van der Waals surface area contributed by atoms with Crippen LogP contribution < -0.4 is 5.32 Å². The van der Waals surface area contributed by atoms with E-state index in [4.69, 9.17) is 0 Å². The third-order valence-electron chi connectivity index (χ3n) is 4.32. The van der Waals surface area contributed by atoms with Gasteiger partial charge in [0.15, 0.2) is 0 Å². The Morgan fingerprint density at radius 3 is 2.79 bits per heavy atom. The lowest BCUT2D eigenvalue weighted by molar-refractivity contribution is 0.0239. The fourth-order valence-corrected chi connectivity index (χ4v) is 3.29. The maximum absolute atomic E-state index is 10.1. The standard InChI is InChI=1S/C15H31N3O/c1-13(2)9-16-10-15(19)12-17-7-8-18-6-4-3-5-14(18)11-17/h13-16,19H,3-12H2,1-2H3.